The predicted octanol–water partition coefficient (Wildman–Crippen LogP) is 12.4. The summed E-state index contributed by atoms with van der Waals surface area (Å²) in [5.41, 5.74) is 2.84. The van der Waals surface area contributed by atoms with Crippen molar-refractivity contribution >= 4 is 0 Å². The molecule has 0 aliphatic heterocycles. The molecule has 0 N–H and O–H groups in total. The first-order valence-corrected chi connectivity index (χ1v) is 16.2. The Morgan fingerprint density at radius 2 is 0.703 bits per heavy atom. The van der Waals surface area contributed by atoms with Crippen LogP contribution in [0.5, 0.6) is 11.5 Å². The Morgan fingerprint density at radius 3 is 1.03 bits per heavy atom. The van der Waals surface area contributed by atoms with Gasteiger partial charge in [-0.15, -0.1) is 0 Å². The molecule has 0 aromatic heterocycles. The molecular weight excluding hydrogens is 448 g/mol. The second-order valence-corrected chi connectivity index (χ2v) is 11.3. The Kier molecular flexibility index (Phi) is 18.9. The van der Waals surface area contributed by atoms with E-state index in [1.54, 1.807) is 0 Å². The van der Waals surface area contributed by atoms with Crippen LogP contribution in [0.4, 0.5) is 0 Å². The van der Waals surface area contributed by atoms with Gasteiger partial charge in [0.15, 0.2) is 0 Å². The zero-order valence-corrected chi connectivity index (χ0v) is 24.6. The van der Waals surface area contributed by atoms with E-state index < -0.39 is 0 Å². The Morgan fingerprint density at radius 1 is 0.405 bits per heavy atom. The summed E-state index contributed by atoms with van der Waals surface area (Å²) in [6.07, 6.45) is 30.5. The molecule has 0 radical (unpaired) electrons. The lowest BCUT2D eigenvalue weighted by molar-refractivity contribution is 0.482. The molecule has 208 valence electrons. The Bertz CT molecular complexity index is 670. The van der Waals surface area contributed by atoms with Gasteiger partial charge in [0.1, 0.15) is 11.5 Å². The minimum atomic E-state index is 0.933. The van der Waals surface area contributed by atoms with Crippen molar-refractivity contribution in [3.8, 4) is 11.5 Å². The van der Waals surface area contributed by atoms with Gasteiger partial charge in [-0.1, -0.05) is 154 Å². The molecule has 0 heterocycles. The van der Waals surface area contributed by atoms with Gasteiger partial charge in [-0.2, -0.15) is 0 Å². The number of benzene rings is 2. The van der Waals surface area contributed by atoms with Crippen molar-refractivity contribution in [2.45, 2.75) is 155 Å². The molecule has 1 heteroatoms. The average Bonchev–Trinajstić information content (AvgIpc) is 2.95. The molecule has 1 fully saturated rings. The van der Waals surface area contributed by atoms with Gasteiger partial charge in [-0.05, 0) is 61.1 Å². The van der Waals surface area contributed by atoms with Crippen LogP contribution in [0.25, 0.3) is 0 Å². The van der Waals surface area contributed by atoms with Crippen LogP contribution >= 0.6 is 0 Å². The number of aryl methyl sites for hydroxylation is 2. The van der Waals surface area contributed by atoms with E-state index in [1.807, 2.05) is 0 Å². The van der Waals surface area contributed by atoms with Gasteiger partial charge in [0.25, 0.3) is 0 Å². The highest BCUT2D eigenvalue weighted by Gasteiger charge is 2.01. The van der Waals surface area contributed by atoms with Gasteiger partial charge in [0.05, 0.1) is 0 Å². The smallest absolute Gasteiger partial charge is 0.127 e. The molecule has 1 saturated carbocycles. The summed E-state index contributed by atoms with van der Waals surface area (Å²) in [6, 6.07) is 17.4. The van der Waals surface area contributed by atoms with Crippen LogP contribution in [0.2, 0.25) is 0 Å². The normalized spacial score (nSPS) is 13.1. The molecule has 0 amide bonds. The third-order valence-corrected chi connectivity index (χ3v) is 7.72. The van der Waals surface area contributed by atoms with Crippen molar-refractivity contribution in [2.24, 2.45) is 0 Å². The quantitative estimate of drug-likeness (QED) is 0.183. The fraction of sp³-hybridized carbons (Fsp3) is 0.667. The molecule has 0 bridgehead atoms. The Hall–Kier alpha value is -1.76. The summed E-state index contributed by atoms with van der Waals surface area (Å²) in [6.45, 7) is 4.56. The summed E-state index contributed by atoms with van der Waals surface area (Å²) in [5, 5.41) is 0. The van der Waals surface area contributed by atoms with E-state index in [9.17, 15) is 0 Å². The summed E-state index contributed by atoms with van der Waals surface area (Å²) < 4.78 is 6.05. The molecule has 0 atom stereocenters. The van der Waals surface area contributed by atoms with Crippen molar-refractivity contribution in [3.05, 3.63) is 59.7 Å². The third-order valence-electron chi connectivity index (χ3n) is 7.72. The largest absolute Gasteiger partial charge is 0.457 e. The molecule has 1 nitrogen and oxygen atoms in total. The SMILES string of the molecule is C1CCCCC1.CCCCCCCCCc1ccc(Oc2ccc(CCCCCCCCC)cc2)cc1. The van der Waals surface area contributed by atoms with E-state index >= 15 is 0 Å². The van der Waals surface area contributed by atoms with Crippen LogP contribution in [-0.4, -0.2) is 0 Å². The van der Waals surface area contributed by atoms with Gasteiger partial charge < -0.3 is 4.74 Å². The number of unbranched alkanes of at least 4 members (excludes halogenated alkanes) is 12. The highest BCUT2D eigenvalue weighted by molar-refractivity contribution is 5.34. The van der Waals surface area contributed by atoms with Gasteiger partial charge in [-0.25, -0.2) is 0 Å². The van der Waals surface area contributed by atoms with Crippen molar-refractivity contribution in [1.82, 2.24) is 0 Å². The standard InChI is InChI=1S/C30H46O.C6H12/c1-3-5-7-9-11-13-15-17-27-19-23-29(24-20-27)31-30-25-21-28(22-26-30)18-16-14-12-10-8-6-4-2;1-2-4-6-5-3-1/h19-26H,3-18H2,1-2H3;1-6H2. The van der Waals surface area contributed by atoms with Crippen LogP contribution in [-0.2, 0) is 12.8 Å². The second-order valence-electron chi connectivity index (χ2n) is 11.3. The molecule has 3 rings (SSSR count). The molecule has 0 spiro atoms. The van der Waals surface area contributed by atoms with Crippen molar-refractivity contribution < 1.29 is 4.74 Å². The maximum atomic E-state index is 6.05. The van der Waals surface area contributed by atoms with Crippen molar-refractivity contribution in [1.29, 1.82) is 0 Å². The Labute approximate surface area is 230 Å². The molecular formula is C36H58O. The fourth-order valence-corrected chi connectivity index (χ4v) is 5.22. The number of ether oxygens (including phenoxy) is 1. The Balaban J connectivity index is 0.000000700. The molecule has 0 unspecified atom stereocenters. The molecule has 1 aliphatic carbocycles. The summed E-state index contributed by atoms with van der Waals surface area (Å²) in [4.78, 5) is 0. The first kappa shape index (κ1) is 31.5. The van der Waals surface area contributed by atoms with E-state index in [0.29, 0.717) is 0 Å². The van der Waals surface area contributed by atoms with Gasteiger partial charge >= 0.3 is 0 Å². The lowest BCUT2D eigenvalue weighted by Gasteiger charge is -2.08. The minimum Gasteiger partial charge on any atom is -0.457 e. The number of hydrogen-bond acceptors (Lipinski definition) is 1. The lowest BCUT2D eigenvalue weighted by atomic mass is 10.0. The van der Waals surface area contributed by atoms with Crippen LogP contribution in [0.15, 0.2) is 48.5 Å². The first-order valence-electron chi connectivity index (χ1n) is 16.2. The lowest BCUT2D eigenvalue weighted by Crippen LogP contribution is -1.90. The molecule has 2 aromatic rings. The molecule has 0 saturated heterocycles. The monoisotopic (exact) mass is 506 g/mol. The predicted molar refractivity (Wildman–Crippen MR) is 164 cm³/mol. The van der Waals surface area contributed by atoms with Gasteiger partial charge in [0.2, 0.25) is 0 Å². The topological polar surface area (TPSA) is 9.23 Å². The van der Waals surface area contributed by atoms with Crippen LogP contribution < -0.4 is 4.74 Å². The zero-order chi connectivity index (χ0) is 26.2. The van der Waals surface area contributed by atoms with E-state index in [-0.39, 0.29) is 0 Å². The van der Waals surface area contributed by atoms with Gasteiger partial charge in [0, 0.05) is 0 Å². The fourth-order valence-electron chi connectivity index (χ4n) is 5.22. The average molecular weight is 507 g/mol. The first-order chi connectivity index (χ1) is 18.3. The maximum Gasteiger partial charge on any atom is 0.127 e. The highest BCUT2D eigenvalue weighted by atomic mass is 16.5. The molecule has 2 aromatic carbocycles. The summed E-state index contributed by atoms with van der Waals surface area (Å²) in [5.74, 6) is 1.87. The third kappa shape index (κ3) is 16.6. The van der Waals surface area contributed by atoms with E-state index in [2.05, 4.69) is 62.4 Å². The summed E-state index contributed by atoms with van der Waals surface area (Å²) in [7, 11) is 0. The van der Waals surface area contributed by atoms with Crippen LogP contribution in [0.3, 0.4) is 0 Å². The maximum absolute atomic E-state index is 6.05. The van der Waals surface area contributed by atoms with E-state index in [1.165, 1.54) is 152 Å². The number of hydrogen-bond donors (Lipinski definition) is 0. The zero-order valence-electron chi connectivity index (χ0n) is 24.6. The van der Waals surface area contributed by atoms with E-state index in [0.717, 1.165) is 11.5 Å². The highest BCUT2D eigenvalue weighted by Crippen LogP contribution is 2.23. The number of rotatable bonds is 18. The van der Waals surface area contributed by atoms with Crippen LogP contribution in [0, 0.1) is 0 Å². The van der Waals surface area contributed by atoms with E-state index in [4.69, 9.17) is 4.74 Å². The second kappa shape index (κ2) is 22.2. The van der Waals surface area contributed by atoms with Crippen LogP contribution in [0.1, 0.15) is 153 Å². The molecule has 1 aliphatic rings. The summed E-state index contributed by atoms with van der Waals surface area (Å²) >= 11 is 0. The van der Waals surface area contributed by atoms with Crippen molar-refractivity contribution in [2.75, 3.05) is 0 Å². The molecule has 37 heavy (non-hydrogen) atoms. The van der Waals surface area contributed by atoms with Crippen molar-refractivity contribution in [3.63, 3.8) is 0 Å². The van der Waals surface area contributed by atoms with Gasteiger partial charge in [-0.3, -0.25) is 0 Å². The minimum absolute atomic E-state index is 0.933.